The van der Waals surface area contributed by atoms with Gasteiger partial charge in [-0.25, -0.2) is 18.0 Å². The van der Waals surface area contributed by atoms with Gasteiger partial charge in [-0.3, -0.25) is 10.4 Å². The summed E-state index contributed by atoms with van der Waals surface area (Å²) in [5, 5.41) is 18.8. The van der Waals surface area contributed by atoms with Crippen LogP contribution in [0.5, 0.6) is 0 Å². The van der Waals surface area contributed by atoms with Gasteiger partial charge in [0.15, 0.2) is 9.84 Å². The van der Waals surface area contributed by atoms with E-state index in [1.165, 1.54) is 0 Å². The third kappa shape index (κ3) is 3.40. The van der Waals surface area contributed by atoms with Crippen LogP contribution in [0, 0.1) is 0 Å². The molecule has 1 aliphatic heterocycles. The molecule has 10 nitrogen and oxygen atoms in total. The Hall–Kier alpha value is -2.17. The van der Waals surface area contributed by atoms with Gasteiger partial charge in [0.2, 0.25) is 5.82 Å². The fourth-order valence-electron chi connectivity index (χ4n) is 1.65. The van der Waals surface area contributed by atoms with Crippen molar-refractivity contribution in [2.45, 2.75) is 12.5 Å². The van der Waals surface area contributed by atoms with E-state index in [1.54, 1.807) is 0 Å². The van der Waals surface area contributed by atoms with E-state index in [1.807, 2.05) is 0 Å². The summed E-state index contributed by atoms with van der Waals surface area (Å²) in [7, 11) is -3.08. The van der Waals surface area contributed by atoms with Crippen molar-refractivity contribution in [3.63, 3.8) is 0 Å². The van der Waals surface area contributed by atoms with Crippen LogP contribution in [-0.2, 0) is 9.84 Å². The number of H-pyrrole nitrogens is 1. The molecular weight excluding hydrogens is 278 g/mol. The number of rotatable bonds is 3. The maximum Gasteiger partial charge on any atom is 0.373 e. The Labute approximate surface area is 107 Å². The van der Waals surface area contributed by atoms with Gasteiger partial charge < -0.3 is 10.4 Å². The first kappa shape index (κ1) is 13.3. The highest BCUT2D eigenvalue weighted by Gasteiger charge is 2.29. The van der Waals surface area contributed by atoms with Gasteiger partial charge >= 0.3 is 12.0 Å². The molecular formula is C8H11N5O5S. The van der Waals surface area contributed by atoms with Gasteiger partial charge in [-0.2, -0.15) is 4.98 Å². The van der Waals surface area contributed by atoms with Crippen molar-refractivity contribution in [1.29, 1.82) is 0 Å². The Morgan fingerprint density at radius 2 is 2.16 bits per heavy atom. The number of hydrogen-bond acceptors (Lipinski definition) is 6. The van der Waals surface area contributed by atoms with Crippen LogP contribution in [0.4, 0.5) is 10.7 Å². The molecule has 2 amide bonds. The van der Waals surface area contributed by atoms with Crippen molar-refractivity contribution in [1.82, 2.24) is 20.5 Å². The molecule has 0 radical (unpaired) electrons. The van der Waals surface area contributed by atoms with E-state index < -0.39 is 33.7 Å². The molecule has 0 bridgehead atoms. The number of carboxylic acids is 1. The Balaban J connectivity index is 1.89. The predicted molar refractivity (Wildman–Crippen MR) is 62.6 cm³/mol. The van der Waals surface area contributed by atoms with Crippen molar-refractivity contribution in [2.24, 2.45) is 0 Å². The van der Waals surface area contributed by atoms with Gasteiger partial charge in [-0.1, -0.05) is 0 Å². The quantitative estimate of drug-likeness (QED) is 0.545. The van der Waals surface area contributed by atoms with E-state index in [0.29, 0.717) is 6.42 Å². The average Bonchev–Trinajstić information content (AvgIpc) is 2.85. The first-order valence-electron chi connectivity index (χ1n) is 5.29. The van der Waals surface area contributed by atoms with Crippen LogP contribution in [0.1, 0.15) is 17.0 Å². The van der Waals surface area contributed by atoms with Crippen LogP contribution in [0.2, 0.25) is 0 Å². The van der Waals surface area contributed by atoms with Crippen LogP contribution in [-0.4, -0.2) is 58.3 Å². The lowest BCUT2D eigenvalue weighted by molar-refractivity contribution is 0.0684. The van der Waals surface area contributed by atoms with Gasteiger partial charge in [-0.05, 0) is 6.42 Å². The van der Waals surface area contributed by atoms with E-state index in [9.17, 15) is 18.0 Å². The number of anilines is 1. The smallest absolute Gasteiger partial charge is 0.373 e. The molecule has 0 aromatic carbocycles. The molecule has 19 heavy (non-hydrogen) atoms. The van der Waals surface area contributed by atoms with E-state index >= 15 is 0 Å². The number of urea groups is 1. The normalized spacial score (nSPS) is 20.9. The minimum Gasteiger partial charge on any atom is -0.475 e. The van der Waals surface area contributed by atoms with Gasteiger partial charge in [0, 0.05) is 6.04 Å². The number of nitrogens with zero attached hydrogens (tertiary/aromatic N) is 2. The first-order chi connectivity index (χ1) is 8.85. The van der Waals surface area contributed by atoms with Crippen molar-refractivity contribution in [3.8, 4) is 0 Å². The molecule has 104 valence electrons. The highest BCUT2D eigenvalue weighted by molar-refractivity contribution is 7.91. The number of sulfone groups is 1. The second kappa shape index (κ2) is 4.84. The molecule has 1 aliphatic rings. The van der Waals surface area contributed by atoms with Crippen LogP contribution in [0.3, 0.4) is 0 Å². The summed E-state index contributed by atoms with van der Waals surface area (Å²) in [4.78, 5) is 25.5. The molecule has 1 atom stereocenters. The third-order valence-corrected chi connectivity index (χ3v) is 4.25. The highest BCUT2D eigenvalue weighted by Crippen LogP contribution is 2.11. The molecule has 0 spiro atoms. The molecule has 11 heteroatoms. The lowest BCUT2D eigenvalue weighted by atomic mass is 10.3. The van der Waals surface area contributed by atoms with Gasteiger partial charge in [0.05, 0.1) is 11.5 Å². The van der Waals surface area contributed by atoms with Crippen molar-refractivity contribution < 1.29 is 23.1 Å². The molecule has 0 saturated carbocycles. The number of carboxylic acid groups (broad SMARTS) is 1. The number of nitrogens with one attached hydrogen (secondary N) is 3. The van der Waals surface area contributed by atoms with E-state index in [2.05, 4.69) is 25.8 Å². The second-order valence-corrected chi connectivity index (χ2v) is 6.24. The molecule has 4 N–H and O–H groups in total. The minimum atomic E-state index is -3.08. The average molecular weight is 289 g/mol. The SMILES string of the molecule is O=C(Nc1n[nH]c(C(=O)O)n1)N[C@H]1CCS(=O)(=O)C1. The summed E-state index contributed by atoms with van der Waals surface area (Å²) in [5.74, 6) is -1.96. The summed E-state index contributed by atoms with van der Waals surface area (Å²) in [6.45, 7) is 0. The molecule has 1 fully saturated rings. The molecule has 0 aliphatic carbocycles. The minimum absolute atomic E-state index is 0.0434. The van der Waals surface area contributed by atoms with Crippen molar-refractivity contribution >= 4 is 27.8 Å². The summed E-state index contributed by atoms with van der Waals surface area (Å²) in [6.07, 6.45) is 0.351. The Bertz CT molecular complexity index is 609. The maximum absolute atomic E-state index is 11.5. The number of aromatic nitrogens is 3. The molecule has 1 aromatic heterocycles. The zero-order chi connectivity index (χ0) is 14.0. The van der Waals surface area contributed by atoms with Crippen LogP contribution in [0.15, 0.2) is 0 Å². The predicted octanol–water partition coefficient (Wildman–Crippen LogP) is -1.19. The first-order valence-corrected chi connectivity index (χ1v) is 7.11. The van der Waals surface area contributed by atoms with Crippen LogP contribution in [0.25, 0.3) is 0 Å². The molecule has 2 rings (SSSR count). The number of hydrogen-bond donors (Lipinski definition) is 4. The van der Waals surface area contributed by atoms with Crippen LogP contribution < -0.4 is 10.6 Å². The monoisotopic (exact) mass is 289 g/mol. The van der Waals surface area contributed by atoms with Gasteiger partial charge in [0.25, 0.3) is 5.95 Å². The fraction of sp³-hybridized carbons (Fsp3) is 0.500. The molecule has 2 heterocycles. The Morgan fingerprint density at radius 1 is 1.42 bits per heavy atom. The van der Waals surface area contributed by atoms with Crippen molar-refractivity contribution in [2.75, 3.05) is 16.8 Å². The number of amides is 2. The van der Waals surface area contributed by atoms with E-state index in [4.69, 9.17) is 5.11 Å². The third-order valence-electron chi connectivity index (χ3n) is 2.48. The maximum atomic E-state index is 11.5. The molecule has 0 unspecified atom stereocenters. The number of aromatic amines is 1. The number of carbonyl (C=O) groups is 2. The Kier molecular flexibility index (Phi) is 3.38. The molecule has 1 aromatic rings. The standard InChI is InChI=1S/C8H11N5O5S/c14-6(15)5-10-7(13-12-5)11-8(16)9-4-1-2-19(17,18)3-4/h4H,1-3H2,(H,14,15)(H3,9,10,11,12,13,16)/t4-/m0/s1. The zero-order valence-corrected chi connectivity index (χ0v) is 10.4. The number of carbonyl (C=O) groups excluding carboxylic acids is 1. The fourth-order valence-corrected chi connectivity index (χ4v) is 3.32. The van der Waals surface area contributed by atoms with Gasteiger partial charge in [0.1, 0.15) is 0 Å². The summed E-state index contributed by atoms with van der Waals surface area (Å²) >= 11 is 0. The Morgan fingerprint density at radius 3 is 2.68 bits per heavy atom. The summed E-state index contributed by atoms with van der Waals surface area (Å²) in [6, 6.07) is -1.14. The zero-order valence-electron chi connectivity index (χ0n) is 9.58. The highest BCUT2D eigenvalue weighted by atomic mass is 32.2. The lowest BCUT2D eigenvalue weighted by Crippen LogP contribution is -2.38. The van der Waals surface area contributed by atoms with Crippen molar-refractivity contribution in [3.05, 3.63) is 5.82 Å². The summed E-state index contributed by atoms with van der Waals surface area (Å²) < 4.78 is 22.4. The van der Waals surface area contributed by atoms with E-state index in [-0.39, 0.29) is 17.5 Å². The largest absolute Gasteiger partial charge is 0.475 e. The lowest BCUT2D eigenvalue weighted by Gasteiger charge is -2.09. The van der Waals surface area contributed by atoms with Gasteiger partial charge in [-0.15, -0.1) is 5.10 Å². The second-order valence-electron chi connectivity index (χ2n) is 4.01. The summed E-state index contributed by atoms with van der Waals surface area (Å²) in [5.41, 5.74) is 0. The number of aromatic carboxylic acids is 1. The van der Waals surface area contributed by atoms with E-state index in [0.717, 1.165) is 0 Å². The topological polar surface area (TPSA) is 154 Å². The molecule has 1 saturated heterocycles. The van der Waals surface area contributed by atoms with Crippen LogP contribution >= 0.6 is 0 Å².